The maximum Gasteiger partial charge on any atom is 0.168 e. The molecule has 0 radical (unpaired) electrons. The van der Waals surface area contributed by atoms with Gasteiger partial charge >= 0.3 is 0 Å². The molecule has 4 heteroatoms. The Morgan fingerprint density at radius 1 is 1.10 bits per heavy atom. The number of aromatic nitrogens is 1. The molecule has 0 bridgehead atoms. The van der Waals surface area contributed by atoms with Gasteiger partial charge in [-0.2, -0.15) is 0 Å². The van der Waals surface area contributed by atoms with Gasteiger partial charge in [0.25, 0.3) is 0 Å². The summed E-state index contributed by atoms with van der Waals surface area (Å²) in [4.78, 5) is 4.51. The van der Waals surface area contributed by atoms with Gasteiger partial charge < -0.3 is 5.32 Å². The lowest BCUT2D eigenvalue weighted by Crippen LogP contribution is -2.00. The van der Waals surface area contributed by atoms with E-state index in [-0.39, 0.29) is 10.5 Å². The summed E-state index contributed by atoms with van der Waals surface area (Å²) in [5.41, 5.74) is 3.85. The molecular weight excluding hydrogens is 287 g/mol. The third kappa shape index (κ3) is 2.24. The fraction of sp³-hybridized carbons (Fsp3) is 0.118. The van der Waals surface area contributed by atoms with Gasteiger partial charge in [0, 0.05) is 23.7 Å². The molecule has 0 amide bonds. The van der Waals surface area contributed by atoms with Crippen LogP contribution in [0.4, 0.5) is 10.1 Å². The second-order valence-corrected chi connectivity index (χ2v) is 5.24. The molecule has 1 aromatic heterocycles. The minimum Gasteiger partial charge on any atom is -0.387 e. The summed E-state index contributed by atoms with van der Waals surface area (Å²) >= 11 is 5.89. The number of nitrogens with zero attached hydrogens (tertiary/aromatic N) is 1. The van der Waals surface area contributed by atoms with E-state index in [2.05, 4.69) is 10.3 Å². The maximum absolute atomic E-state index is 14.3. The number of hydrogen-bond donors (Lipinski definition) is 1. The number of anilines is 1. The van der Waals surface area contributed by atoms with Gasteiger partial charge in [0.2, 0.25) is 0 Å². The number of rotatable bonds is 2. The Bertz CT molecular complexity index is 816. The van der Waals surface area contributed by atoms with Crippen LogP contribution >= 0.6 is 11.6 Å². The molecule has 2 aromatic carbocycles. The van der Waals surface area contributed by atoms with Crippen LogP contribution in [0.5, 0.6) is 0 Å². The summed E-state index contributed by atoms with van der Waals surface area (Å²) in [6.45, 7) is 1.98. The van der Waals surface area contributed by atoms with Gasteiger partial charge in [-0.1, -0.05) is 41.9 Å². The first-order chi connectivity index (χ1) is 10.1. The Balaban J connectivity index is 2.42. The molecule has 21 heavy (non-hydrogen) atoms. The minimum absolute atomic E-state index is 0.0833. The van der Waals surface area contributed by atoms with Crippen LogP contribution in [0.3, 0.4) is 0 Å². The molecule has 0 aliphatic carbocycles. The standard InChI is InChI=1S/C17H14ClFN2/c1-10-15(11-6-4-3-5-7-11)21-17-12(16(10)20-2)8-9-13(18)14(17)19/h3-9H,1-2H3,(H,20,21). The lowest BCUT2D eigenvalue weighted by Gasteiger charge is -2.15. The molecule has 0 spiro atoms. The van der Waals surface area contributed by atoms with Crippen LogP contribution in [0.15, 0.2) is 42.5 Å². The topological polar surface area (TPSA) is 24.9 Å². The van der Waals surface area contributed by atoms with Crippen molar-refractivity contribution in [3.05, 3.63) is 58.9 Å². The molecule has 0 saturated carbocycles. The van der Waals surface area contributed by atoms with Gasteiger partial charge in [0.15, 0.2) is 5.82 Å². The molecule has 3 aromatic rings. The zero-order chi connectivity index (χ0) is 15.0. The molecule has 1 heterocycles. The summed E-state index contributed by atoms with van der Waals surface area (Å²) in [6, 6.07) is 13.1. The first kappa shape index (κ1) is 13.8. The second-order valence-electron chi connectivity index (χ2n) is 4.83. The Labute approximate surface area is 127 Å². The number of halogens is 2. The van der Waals surface area contributed by atoms with Gasteiger partial charge in [-0.25, -0.2) is 9.37 Å². The molecule has 0 unspecified atom stereocenters. The fourth-order valence-electron chi connectivity index (χ4n) is 2.57. The fourth-order valence-corrected chi connectivity index (χ4v) is 2.72. The third-order valence-electron chi connectivity index (χ3n) is 3.59. The maximum atomic E-state index is 14.3. The summed E-state index contributed by atoms with van der Waals surface area (Å²) in [5, 5.41) is 3.96. The molecule has 106 valence electrons. The van der Waals surface area contributed by atoms with Crippen LogP contribution in [0.1, 0.15) is 5.56 Å². The average molecular weight is 301 g/mol. The van der Waals surface area contributed by atoms with Gasteiger partial charge in [-0.15, -0.1) is 0 Å². The van der Waals surface area contributed by atoms with E-state index in [0.29, 0.717) is 0 Å². The highest BCUT2D eigenvalue weighted by molar-refractivity contribution is 6.31. The number of nitrogens with one attached hydrogen (secondary N) is 1. The van der Waals surface area contributed by atoms with Crippen molar-refractivity contribution in [2.45, 2.75) is 6.92 Å². The van der Waals surface area contributed by atoms with Crippen molar-refractivity contribution < 1.29 is 4.39 Å². The monoisotopic (exact) mass is 300 g/mol. The number of fused-ring (bicyclic) bond motifs is 1. The smallest absolute Gasteiger partial charge is 0.168 e. The summed E-state index contributed by atoms with van der Waals surface area (Å²) in [7, 11) is 1.82. The summed E-state index contributed by atoms with van der Waals surface area (Å²) in [6.07, 6.45) is 0. The van der Waals surface area contributed by atoms with Crippen molar-refractivity contribution in [2.24, 2.45) is 0 Å². The molecule has 0 saturated heterocycles. The zero-order valence-corrected chi connectivity index (χ0v) is 12.5. The minimum atomic E-state index is -0.483. The summed E-state index contributed by atoms with van der Waals surface area (Å²) in [5.74, 6) is -0.483. The van der Waals surface area contributed by atoms with Crippen LogP contribution in [-0.2, 0) is 0 Å². The van der Waals surface area contributed by atoms with Crippen LogP contribution in [0.25, 0.3) is 22.2 Å². The predicted molar refractivity (Wildman–Crippen MR) is 86.4 cm³/mol. The molecular formula is C17H14ClFN2. The van der Waals surface area contributed by atoms with E-state index < -0.39 is 5.82 Å². The SMILES string of the molecule is CNc1c(C)c(-c2ccccc2)nc2c(F)c(Cl)ccc12. The van der Waals surface area contributed by atoms with Crippen molar-refractivity contribution in [2.75, 3.05) is 12.4 Å². The Kier molecular flexibility index (Phi) is 3.52. The van der Waals surface area contributed by atoms with Crippen LogP contribution < -0.4 is 5.32 Å². The van der Waals surface area contributed by atoms with Crippen molar-refractivity contribution >= 4 is 28.2 Å². The van der Waals surface area contributed by atoms with Crippen molar-refractivity contribution in [3.63, 3.8) is 0 Å². The molecule has 0 aliphatic rings. The van der Waals surface area contributed by atoms with E-state index >= 15 is 0 Å². The van der Waals surface area contributed by atoms with E-state index in [9.17, 15) is 4.39 Å². The highest BCUT2D eigenvalue weighted by atomic mass is 35.5. The first-order valence-corrected chi connectivity index (χ1v) is 7.02. The van der Waals surface area contributed by atoms with Crippen molar-refractivity contribution in [1.82, 2.24) is 4.98 Å². The summed E-state index contributed by atoms with van der Waals surface area (Å²) < 4.78 is 14.3. The highest BCUT2D eigenvalue weighted by Gasteiger charge is 2.16. The average Bonchev–Trinajstić information content (AvgIpc) is 2.51. The number of benzene rings is 2. The Morgan fingerprint density at radius 3 is 2.48 bits per heavy atom. The third-order valence-corrected chi connectivity index (χ3v) is 3.88. The molecule has 3 rings (SSSR count). The molecule has 0 atom stereocenters. The zero-order valence-electron chi connectivity index (χ0n) is 11.7. The van der Waals surface area contributed by atoms with Gasteiger partial charge in [-0.05, 0) is 24.6 Å². The van der Waals surface area contributed by atoms with Crippen molar-refractivity contribution in [3.8, 4) is 11.3 Å². The Morgan fingerprint density at radius 2 is 1.81 bits per heavy atom. The largest absolute Gasteiger partial charge is 0.387 e. The van der Waals surface area contributed by atoms with Gasteiger partial charge in [0.1, 0.15) is 5.52 Å². The second kappa shape index (κ2) is 5.34. The van der Waals surface area contributed by atoms with E-state index in [4.69, 9.17) is 11.6 Å². The molecule has 0 aliphatic heterocycles. The van der Waals surface area contributed by atoms with Crippen molar-refractivity contribution in [1.29, 1.82) is 0 Å². The molecule has 1 N–H and O–H groups in total. The first-order valence-electron chi connectivity index (χ1n) is 6.65. The lowest BCUT2D eigenvalue weighted by atomic mass is 10.0. The highest BCUT2D eigenvalue weighted by Crippen LogP contribution is 2.35. The van der Waals surface area contributed by atoms with Crippen LogP contribution in [-0.4, -0.2) is 12.0 Å². The van der Waals surface area contributed by atoms with E-state index in [1.165, 1.54) is 0 Å². The lowest BCUT2D eigenvalue weighted by molar-refractivity contribution is 0.637. The van der Waals surface area contributed by atoms with E-state index in [1.807, 2.05) is 44.3 Å². The normalized spacial score (nSPS) is 10.9. The van der Waals surface area contributed by atoms with Gasteiger partial charge in [-0.3, -0.25) is 0 Å². The van der Waals surface area contributed by atoms with E-state index in [1.54, 1.807) is 12.1 Å². The predicted octanol–water partition coefficient (Wildman–Crippen LogP) is 5.04. The van der Waals surface area contributed by atoms with Crippen LogP contribution in [0.2, 0.25) is 5.02 Å². The van der Waals surface area contributed by atoms with Gasteiger partial charge in [0.05, 0.1) is 10.7 Å². The number of pyridine rings is 1. The molecule has 0 fully saturated rings. The quantitative estimate of drug-likeness (QED) is 0.717. The van der Waals surface area contributed by atoms with Crippen LogP contribution in [0, 0.1) is 12.7 Å². The molecule has 2 nitrogen and oxygen atoms in total. The Hall–Kier alpha value is -2.13. The number of hydrogen-bond acceptors (Lipinski definition) is 2. The van der Waals surface area contributed by atoms with E-state index in [0.717, 1.165) is 27.9 Å².